The number of hydrogen-bond donors (Lipinski definition) is 3. The molecule has 124 valence electrons. The number of carbonyl (C=O) groups excluding carboxylic acids is 1. The highest BCUT2D eigenvalue weighted by molar-refractivity contribution is 5.82. The second kappa shape index (κ2) is 8.37. The Morgan fingerprint density at radius 1 is 1.43 bits per heavy atom. The van der Waals surface area contributed by atoms with Crippen LogP contribution < -0.4 is 16.5 Å². The summed E-state index contributed by atoms with van der Waals surface area (Å²) in [5, 5.41) is 13.6. The zero-order chi connectivity index (χ0) is 16.7. The molecule has 0 aromatic heterocycles. The Morgan fingerprint density at radius 3 is 2.83 bits per heavy atom. The molecule has 0 saturated heterocycles. The van der Waals surface area contributed by atoms with Crippen molar-refractivity contribution in [2.75, 3.05) is 13.1 Å². The quantitative estimate of drug-likeness (QED) is 0.356. The van der Waals surface area contributed by atoms with E-state index in [4.69, 9.17) is 10.6 Å². The summed E-state index contributed by atoms with van der Waals surface area (Å²) >= 11 is 0. The molecule has 1 amide bonds. The number of carbonyl (C=O) groups is 1. The monoisotopic (exact) mass is 320 g/mol. The van der Waals surface area contributed by atoms with Crippen molar-refractivity contribution in [2.24, 2.45) is 5.73 Å². The largest absolute Gasteiger partial charge is 0.368 e. The summed E-state index contributed by atoms with van der Waals surface area (Å²) in [7, 11) is 0. The lowest BCUT2D eigenvalue weighted by atomic mass is 9.97. The highest BCUT2D eigenvalue weighted by Crippen LogP contribution is 2.14. The van der Waals surface area contributed by atoms with Crippen LogP contribution in [-0.2, 0) is 16.2 Å². The summed E-state index contributed by atoms with van der Waals surface area (Å²) in [6.07, 6.45) is 1.88. The van der Waals surface area contributed by atoms with Crippen LogP contribution in [0.3, 0.4) is 0 Å². The Hall–Kier alpha value is -2.29. The number of nitrogens with one attached hydrogen (secondary N) is 2. The summed E-state index contributed by atoms with van der Waals surface area (Å²) in [5.74, 6) is -0.507. The van der Waals surface area contributed by atoms with Crippen LogP contribution in [0.15, 0.2) is 42.0 Å². The van der Waals surface area contributed by atoms with Crippen molar-refractivity contribution in [3.05, 3.63) is 57.7 Å². The molecule has 0 unspecified atom stereocenters. The van der Waals surface area contributed by atoms with E-state index in [1.165, 1.54) is 0 Å². The van der Waals surface area contributed by atoms with Gasteiger partial charge in [0, 0.05) is 17.9 Å². The molecule has 0 spiro atoms. The van der Waals surface area contributed by atoms with E-state index in [1.807, 2.05) is 30.3 Å². The molecule has 1 aromatic rings. The van der Waals surface area contributed by atoms with E-state index in [-0.39, 0.29) is 23.9 Å². The third-order valence-electron chi connectivity index (χ3n) is 3.57. The molecular formula is C15H20N4O4. The first-order valence-electron chi connectivity index (χ1n) is 7.32. The number of primary amides is 1. The van der Waals surface area contributed by atoms with Crippen LogP contribution >= 0.6 is 0 Å². The predicted molar refractivity (Wildman–Crippen MR) is 83.7 cm³/mol. The molecule has 1 aliphatic heterocycles. The van der Waals surface area contributed by atoms with Crippen LogP contribution in [0.5, 0.6) is 0 Å². The van der Waals surface area contributed by atoms with Crippen molar-refractivity contribution in [1.82, 2.24) is 10.8 Å². The smallest absolute Gasteiger partial charge is 0.238 e. The minimum absolute atomic E-state index is 0.200. The Balaban J connectivity index is 1.93. The third-order valence-corrected chi connectivity index (χ3v) is 3.57. The Kier molecular flexibility index (Phi) is 6.21. The van der Waals surface area contributed by atoms with Crippen LogP contribution in [0.25, 0.3) is 0 Å². The fraction of sp³-hybridized carbons (Fsp3) is 0.400. The number of nitro groups is 1. The van der Waals surface area contributed by atoms with Gasteiger partial charge in [0.1, 0.15) is 6.04 Å². The molecule has 2 rings (SSSR count). The van der Waals surface area contributed by atoms with Gasteiger partial charge < -0.3 is 11.1 Å². The minimum atomic E-state index is -0.607. The molecule has 2 atom stereocenters. The maximum absolute atomic E-state index is 11.3. The minimum Gasteiger partial charge on any atom is -0.368 e. The van der Waals surface area contributed by atoms with Gasteiger partial charge in [-0.2, -0.15) is 5.48 Å². The Morgan fingerprint density at radius 2 is 2.17 bits per heavy atom. The van der Waals surface area contributed by atoms with E-state index in [9.17, 15) is 14.9 Å². The van der Waals surface area contributed by atoms with E-state index in [1.54, 1.807) is 6.08 Å². The van der Waals surface area contributed by atoms with Crippen molar-refractivity contribution in [3.8, 4) is 0 Å². The van der Waals surface area contributed by atoms with Crippen molar-refractivity contribution in [3.63, 3.8) is 0 Å². The van der Waals surface area contributed by atoms with Crippen LogP contribution in [0.1, 0.15) is 12.0 Å². The molecule has 1 aromatic carbocycles. The second-order valence-electron chi connectivity index (χ2n) is 5.28. The van der Waals surface area contributed by atoms with Gasteiger partial charge in [-0.15, -0.1) is 0 Å². The molecule has 0 bridgehead atoms. The summed E-state index contributed by atoms with van der Waals surface area (Å²) in [6, 6.07) is 8.78. The average Bonchev–Trinajstić information content (AvgIpc) is 2.54. The molecular weight excluding hydrogens is 300 g/mol. The van der Waals surface area contributed by atoms with Gasteiger partial charge in [-0.05, 0) is 11.1 Å². The predicted octanol–water partition coefficient (Wildman–Crippen LogP) is 0.127. The molecule has 8 nitrogen and oxygen atoms in total. The van der Waals surface area contributed by atoms with Crippen molar-refractivity contribution < 1.29 is 14.6 Å². The number of hydrogen-bond acceptors (Lipinski definition) is 6. The van der Waals surface area contributed by atoms with E-state index >= 15 is 0 Å². The molecule has 0 radical (unpaired) electrons. The molecule has 4 N–H and O–H groups in total. The molecule has 1 aliphatic rings. The standard InChI is InChI=1S/C15H20N4O4/c16-15(20)13-8-12(6-7-19(21)22)14(9-17-13)18-23-10-11-4-2-1-3-5-11/h1-5,8,13-14,17-18H,6-7,9-10H2,(H2,16,20)/t13-,14-/m0/s1. The second-order valence-corrected chi connectivity index (χ2v) is 5.28. The number of nitrogens with two attached hydrogens (primary N) is 1. The number of rotatable bonds is 8. The van der Waals surface area contributed by atoms with Gasteiger partial charge in [0.15, 0.2) is 0 Å². The fourth-order valence-corrected chi connectivity index (χ4v) is 2.34. The summed E-state index contributed by atoms with van der Waals surface area (Å²) in [6.45, 7) is 0.583. The maximum atomic E-state index is 11.3. The van der Waals surface area contributed by atoms with Crippen molar-refractivity contribution in [2.45, 2.75) is 25.1 Å². The van der Waals surface area contributed by atoms with Gasteiger partial charge in [-0.3, -0.25) is 19.7 Å². The van der Waals surface area contributed by atoms with Crippen molar-refractivity contribution >= 4 is 5.91 Å². The third kappa shape index (κ3) is 5.44. The number of amides is 1. The van der Waals surface area contributed by atoms with Gasteiger partial charge in [-0.25, -0.2) is 0 Å². The van der Waals surface area contributed by atoms with Crippen LogP contribution in [0.4, 0.5) is 0 Å². The normalized spacial score (nSPS) is 20.8. The number of benzene rings is 1. The zero-order valence-corrected chi connectivity index (χ0v) is 12.6. The van der Waals surface area contributed by atoms with Gasteiger partial charge in [0.25, 0.3) is 0 Å². The lowest BCUT2D eigenvalue weighted by molar-refractivity contribution is -0.479. The topological polar surface area (TPSA) is 120 Å². The van der Waals surface area contributed by atoms with Crippen LogP contribution in [-0.4, -0.2) is 36.0 Å². The van der Waals surface area contributed by atoms with Gasteiger partial charge in [0.05, 0.1) is 12.6 Å². The lowest BCUT2D eigenvalue weighted by Gasteiger charge is -2.28. The molecule has 23 heavy (non-hydrogen) atoms. The first kappa shape index (κ1) is 17.1. The van der Waals surface area contributed by atoms with E-state index in [0.717, 1.165) is 11.1 Å². The van der Waals surface area contributed by atoms with Gasteiger partial charge in [-0.1, -0.05) is 36.4 Å². The van der Waals surface area contributed by atoms with Gasteiger partial charge in [0.2, 0.25) is 12.5 Å². The Labute approximate surface area is 133 Å². The molecule has 0 fully saturated rings. The first-order chi connectivity index (χ1) is 11.1. The number of nitrogens with zero attached hydrogens (tertiary/aromatic N) is 1. The molecule has 1 heterocycles. The summed E-state index contributed by atoms with van der Waals surface area (Å²) < 4.78 is 0. The van der Waals surface area contributed by atoms with Crippen LogP contribution in [0.2, 0.25) is 0 Å². The van der Waals surface area contributed by atoms with Crippen molar-refractivity contribution in [1.29, 1.82) is 0 Å². The fourth-order valence-electron chi connectivity index (χ4n) is 2.34. The Bertz CT molecular complexity index is 576. The highest BCUT2D eigenvalue weighted by atomic mass is 16.6. The van der Waals surface area contributed by atoms with E-state index in [0.29, 0.717) is 13.2 Å². The van der Waals surface area contributed by atoms with E-state index < -0.39 is 11.9 Å². The summed E-state index contributed by atoms with van der Waals surface area (Å²) in [5.41, 5.74) is 9.93. The van der Waals surface area contributed by atoms with E-state index in [2.05, 4.69) is 10.8 Å². The number of hydroxylamine groups is 1. The SMILES string of the molecule is NC(=O)[C@@H]1C=C(CC[N+](=O)[O-])[C@@H](NOCc2ccccc2)CN1. The zero-order valence-electron chi connectivity index (χ0n) is 12.6. The molecule has 0 aliphatic carbocycles. The van der Waals surface area contributed by atoms with Gasteiger partial charge >= 0.3 is 0 Å². The molecule has 8 heteroatoms. The maximum Gasteiger partial charge on any atom is 0.238 e. The molecule has 0 saturated carbocycles. The summed E-state index contributed by atoms with van der Waals surface area (Å²) in [4.78, 5) is 26.9. The average molecular weight is 320 g/mol. The first-order valence-corrected chi connectivity index (χ1v) is 7.32. The van der Waals surface area contributed by atoms with Crippen LogP contribution in [0, 0.1) is 10.1 Å². The highest BCUT2D eigenvalue weighted by Gasteiger charge is 2.26. The lowest BCUT2D eigenvalue weighted by Crippen LogP contribution is -2.51.